The number of rotatable bonds is 18. The van der Waals surface area contributed by atoms with Crippen LogP contribution in [0, 0.1) is 5.92 Å². The summed E-state index contributed by atoms with van der Waals surface area (Å²) >= 11 is 0. The molecule has 0 spiro atoms. The number of unbranched alkanes of at least 4 members (excludes halogenated alkanes) is 4. The summed E-state index contributed by atoms with van der Waals surface area (Å²) in [6.07, 6.45) is 12.7. The molecule has 3 aliphatic heterocycles. The fourth-order valence-corrected chi connectivity index (χ4v) is 7.04. The average molecular weight is 720 g/mol. The van der Waals surface area contributed by atoms with Crippen LogP contribution in [0.2, 0.25) is 0 Å². The first-order valence-electron chi connectivity index (χ1n) is 18.6. The number of carbonyl (C=O) groups is 3. The van der Waals surface area contributed by atoms with Crippen molar-refractivity contribution in [1.29, 1.82) is 0 Å². The number of piperidine rings is 2. The molecule has 4 amide bonds. The predicted molar refractivity (Wildman–Crippen MR) is 186 cm³/mol. The van der Waals surface area contributed by atoms with E-state index in [-0.39, 0.29) is 31.6 Å². The number of nitrogens with one attached hydrogen (secondary N) is 1. The van der Waals surface area contributed by atoms with E-state index in [2.05, 4.69) is 37.5 Å². The van der Waals surface area contributed by atoms with Crippen molar-refractivity contribution in [3.63, 3.8) is 0 Å². The van der Waals surface area contributed by atoms with Crippen LogP contribution in [0.25, 0.3) is 0 Å². The van der Waals surface area contributed by atoms with E-state index in [1.807, 2.05) is 20.8 Å². The van der Waals surface area contributed by atoms with Gasteiger partial charge in [0.05, 0.1) is 38.8 Å². The zero-order valence-corrected chi connectivity index (χ0v) is 32.1. The molecule has 0 unspecified atom stereocenters. The van der Waals surface area contributed by atoms with E-state index in [0.29, 0.717) is 37.4 Å². The second kappa shape index (κ2) is 20.6. The SMILES string of the molecule is CC(C)(C)OC(=O)N1CCC(CONC(=O)[C@@H]2CC[C@@H]3CN2C(=O)N3OS(=O)(=O)[O-])CC1.CCCC[N+](CCCC)(CCCC)CCCC. The fourth-order valence-electron chi connectivity index (χ4n) is 6.65. The summed E-state index contributed by atoms with van der Waals surface area (Å²) < 4.78 is 43.5. The summed E-state index contributed by atoms with van der Waals surface area (Å²) in [6, 6.07) is -2.30. The highest BCUT2D eigenvalue weighted by molar-refractivity contribution is 7.80. The largest absolute Gasteiger partial charge is 0.724 e. The van der Waals surface area contributed by atoms with Gasteiger partial charge in [0.1, 0.15) is 11.6 Å². The smallest absolute Gasteiger partial charge is 0.410 e. The maximum atomic E-state index is 12.5. The Morgan fingerprint density at radius 1 is 0.878 bits per heavy atom. The van der Waals surface area contributed by atoms with Crippen molar-refractivity contribution >= 4 is 28.4 Å². The van der Waals surface area contributed by atoms with Gasteiger partial charge in [0.25, 0.3) is 5.91 Å². The Labute approximate surface area is 295 Å². The van der Waals surface area contributed by atoms with Crippen LogP contribution in [0.15, 0.2) is 0 Å². The van der Waals surface area contributed by atoms with Crippen molar-refractivity contribution in [2.45, 2.75) is 143 Å². The van der Waals surface area contributed by atoms with Gasteiger partial charge in [-0.05, 0) is 78.1 Å². The normalized spacial score (nSPS) is 20.2. The first kappa shape index (κ1) is 43.0. The third-order valence-electron chi connectivity index (χ3n) is 9.50. The van der Waals surface area contributed by atoms with Crippen LogP contribution in [0.4, 0.5) is 9.59 Å². The lowest BCUT2D eigenvalue weighted by molar-refractivity contribution is -0.929. The molecule has 0 saturated carbocycles. The molecule has 15 heteroatoms. The molecule has 14 nitrogen and oxygen atoms in total. The van der Waals surface area contributed by atoms with Crippen LogP contribution in [0.5, 0.6) is 0 Å². The van der Waals surface area contributed by atoms with Crippen LogP contribution in [-0.4, -0.2) is 120 Å². The number of carbonyl (C=O) groups excluding carboxylic acids is 3. The lowest BCUT2D eigenvalue weighted by Gasteiger charge is -2.39. The lowest BCUT2D eigenvalue weighted by atomic mass is 9.98. The Bertz CT molecular complexity index is 1090. The van der Waals surface area contributed by atoms with Crippen molar-refractivity contribution < 1.29 is 45.7 Å². The lowest BCUT2D eigenvalue weighted by Crippen LogP contribution is -2.50. The van der Waals surface area contributed by atoms with Gasteiger partial charge in [0, 0.05) is 19.6 Å². The minimum absolute atomic E-state index is 0.0789. The van der Waals surface area contributed by atoms with Crippen molar-refractivity contribution in [3.05, 3.63) is 0 Å². The minimum atomic E-state index is -5.09. The van der Waals surface area contributed by atoms with Crippen LogP contribution < -0.4 is 5.48 Å². The van der Waals surface area contributed by atoms with E-state index in [4.69, 9.17) is 9.57 Å². The maximum Gasteiger partial charge on any atom is 0.410 e. The van der Waals surface area contributed by atoms with Gasteiger partial charge in [0.2, 0.25) is 10.4 Å². The molecular weight excluding hydrogens is 654 g/mol. The van der Waals surface area contributed by atoms with Gasteiger partial charge in [-0.3, -0.25) is 9.63 Å². The molecule has 0 radical (unpaired) electrons. The molecule has 1 N–H and O–H groups in total. The van der Waals surface area contributed by atoms with Crippen LogP contribution in [-0.2, 0) is 29.1 Å². The van der Waals surface area contributed by atoms with Gasteiger partial charge in [-0.2, -0.15) is 9.35 Å². The highest BCUT2D eigenvalue weighted by Crippen LogP contribution is 2.31. The number of nitrogens with zero attached hydrogens (tertiary/aromatic N) is 4. The van der Waals surface area contributed by atoms with E-state index < -0.39 is 40.0 Å². The summed E-state index contributed by atoms with van der Waals surface area (Å²) in [5.74, 6) is -0.390. The van der Waals surface area contributed by atoms with E-state index in [1.165, 1.54) is 82.0 Å². The molecule has 3 fully saturated rings. The van der Waals surface area contributed by atoms with Crippen molar-refractivity contribution in [2.24, 2.45) is 5.92 Å². The van der Waals surface area contributed by atoms with Crippen LogP contribution in [0.1, 0.15) is 126 Å². The monoisotopic (exact) mass is 719 g/mol. The van der Waals surface area contributed by atoms with Gasteiger partial charge in [-0.25, -0.2) is 23.5 Å². The summed E-state index contributed by atoms with van der Waals surface area (Å²) in [5.41, 5.74) is 1.80. The molecule has 2 atom stereocenters. The van der Waals surface area contributed by atoms with Gasteiger partial charge >= 0.3 is 12.1 Å². The standard InChI is InChI=1S/C18H30N4O9S.C16H36N/c1-18(2,3)30-17(25)20-8-6-12(7-9-20)11-29-19-15(23)14-5-4-13-10-21(14)16(24)22(13)31-32(26,27)28;1-5-9-13-17(14-10-6-2,15-11-7-3)16-12-8-4/h12-14H,4-11H2,1-3H3,(H,19,23)(H,26,27,28);5-16H2,1-4H3/q;+1/p-1/t13-,14+;/m1./s1. The molecule has 3 heterocycles. The molecule has 0 aromatic rings. The molecule has 2 bridgehead atoms. The van der Waals surface area contributed by atoms with Crippen molar-refractivity contribution in [3.8, 4) is 0 Å². The zero-order valence-electron chi connectivity index (χ0n) is 31.2. The average Bonchev–Trinajstić information content (AvgIpc) is 3.27. The Kier molecular flexibility index (Phi) is 18.1. The Morgan fingerprint density at radius 2 is 1.39 bits per heavy atom. The van der Waals surface area contributed by atoms with Crippen LogP contribution in [0.3, 0.4) is 0 Å². The molecule has 286 valence electrons. The summed E-state index contributed by atoms with van der Waals surface area (Å²) in [5, 5.41) is 0.523. The number of hydroxylamine groups is 3. The third-order valence-corrected chi connectivity index (χ3v) is 9.84. The zero-order chi connectivity index (χ0) is 36.7. The quantitative estimate of drug-likeness (QED) is 0.0854. The van der Waals surface area contributed by atoms with Gasteiger partial charge < -0.3 is 23.6 Å². The summed E-state index contributed by atoms with van der Waals surface area (Å²) in [7, 11) is -5.09. The second-order valence-electron chi connectivity index (χ2n) is 14.8. The topological polar surface area (TPSA) is 158 Å². The first-order valence-corrected chi connectivity index (χ1v) is 19.9. The summed E-state index contributed by atoms with van der Waals surface area (Å²) in [4.78, 5) is 45.1. The van der Waals surface area contributed by atoms with E-state index in [9.17, 15) is 27.4 Å². The number of fused-ring (bicyclic) bond motifs is 2. The number of hydrogen-bond donors (Lipinski definition) is 1. The molecular formula is C34H65N5O9S. The number of hydrogen-bond acceptors (Lipinski definition) is 9. The Morgan fingerprint density at radius 3 is 1.84 bits per heavy atom. The molecule has 49 heavy (non-hydrogen) atoms. The number of likely N-dealkylation sites (tertiary alicyclic amines) is 1. The predicted octanol–water partition coefficient (Wildman–Crippen LogP) is 5.35. The van der Waals surface area contributed by atoms with E-state index in [1.54, 1.807) is 4.90 Å². The molecule has 3 saturated heterocycles. The maximum absolute atomic E-state index is 12.5. The Balaban J connectivity index is 0.000000417. The van der Waals surface area contributed by atoms with E-state index in [0.717, 1.165) is 4.90 Å². The molecule has 0 aliphatic carbocycles. The Hall–Kier alpha value is -2.20. The number of quaternary nitrogens is 1. The van der Waals surface area contributed by atoms with Crippen molar-refractivity contribution in [1.82, 2.24) is 20.3 Å². The number of urea groups is 1. The molecule has 0 aromatic carbocycles. The van der Waals surface area contributed by atoms with Gasteiger partial charge in [0.15, 0.2) is 0 Å². The van der Waals surface area contributed by atoms with Gasteiger partial charge in [-0.1, -0.05) is 53.4 Å². The highest BCUT2D eigenvalue weighted by Gasteiger charge is 2.49. The van der Waals surface area contributed by atoms with Crippen LogP contribution >= 0.6 is 0 Å². The number of ether oxygens (including phenoxy) is 1. The molecule has 0 aromatic heterocycles. The molecule has 3 aliphatic rings. The second-order valence-corrected chi connectivity index (χ2v) is 15.8. The number of amides is 4. The third kappa shape index (κ3) is 14.9. The highest BCUT2D eigenvalue weighted by atomic mass is 32.3. The van der Waals surface area contributed by atoms with E-state index >= 15 is 0 Å². The minimum Gasteiger partial charge on any atom is -0.724 e. The summed E-state index contributed by atoms with van der Waals surface area (Å²) in [6.45, 7) is 21.8. The van der Waals surface area contributed by atoms with Gasteiger partial charge in [-0.15, -0.1) is 0 Å². The van der Waals surface area contributed by atoms with Crippen molar-refractivity contribution in [2.75, 3.05) is 52.4 Å². The fraction of sp³-hybridized carbons (Fsp3) is 0.912. The first-order chi connectivity index (χ1) is 23.1. The molecule has 3 rings (SSSR count).